The second kappa shape index (κ2) is 5.36. The van der Waals surface area contributed by atoms with Gasteiger partial charge in [0.05, 0.1) is 0 Å². The van der Waals surface area contributed by atoms with Crippen molar-refractivity contribution in [1.82, 2.24) is 0 Å². The molecule has 0 spiro atoms. The van der Waals surface area contributed by atoms with Crippen molar-refractivity contribution in [3.05, 3.63) is 52.0 Å². The molecule has 0 aromatic heterocycles. The summed E-state index contributed by atoms with van der Waals surface area (Å²) in [6.07, 6.45) is 9.28. The van der Waals surface area contributed by atoms with Crippen LogP contribution in [0.2, 0.25) is 0 Å². The molecule has 0 bridgehead atoms. The molecular formula is C15H22Zr. The van der Waals surface area contributed by atoms with Gasteiger partial charge in [0.25, 0.3) is 0 Å². The van der Waals surface area contributed by atoms with E-state index in [1.54, 1.807) is 0 Å². The Kier molecular flexibility index (Phi) is 4.62. The zero-order valence-corrected chi connectivity index (χ0v) is 13.1. The Morgan fingerprint density at radius 3 is 1.50 bits per heavy atom. The zero-order valence-electron chi connectivity index (χ0n) is 13.6. The average Bonchev–Trinajstić information content (AvgIpc) is 2.68. The molecule has 0 aromatic rings. The van der Waals surface area contributed by atoms with E-state index in [1.165, 1.54) is 33.4 Å². The van der Waals surface area contributed by atoms with Crippen LogP contribution in [0, 0.1) is 6.42 Å². The SMILES string of the molecule is CC1=CCC([CH-]C2=C(C)C(C)=CC2)=C1C.[H-].[H-].[H-].[Zr+4]. The van der Waals surface area contributed by atoms with E-state index in [0.29, 0.717) is 0 Å². The first-order valence-corrected chi connectivity index (χ1v) is 5.68. The summed E-state index contributed by atoms with van der Waals surface area (Å²) in [5.74, 6) is 0. The smallest absolute Gasteiger partial charge is 1.00 e. The minimum absolute atomic E-state index is 0. The van der Waals surface area contributed by atoms with Gasteiger partial charge in [0, 0.05) is 0 Å². The van der Waals surface area contributed by atoms with Crippen molar-refractivity contribution in [2.75, 3.05) is 0 Å². The van der Waals surface area contributed by atoms with E-state index < -0.39 is 0 Å². The van der Waals surface area contributed by atoms with Crippen molar-refractivity contribution in [1.29, 1.82) is 0 Å². The van der Waals surface area contributed by atoms with Crippen LogP contribution in [0.1, 0.15) is 44.8 Å². The summed E-state index contributed by atoms with van der Waals surface area (Å²) in [5.41, 5.74) is 8.85. The third-order valence-corrected chi connectivity index (χ3v) is 3.75. The second-order valence-electron chi connectivity index (χ2n) is 4.63. The Morgan fingerprint density at radius 2 is 1.25 bits per heavy atom. The van der Waals surface area contributed by atoms with E-state index in [0.717, 1.165) is 12.8 Å². The van der Waals surface area contributed by atoms with Crippen LogP contribution in [0.3, 0.4) is 0 Å². The number of hydrogen-bond donors (Lipinski definition) is 0. The average molecular weight is 294 g/mol. The molecule has 0 saturated heterocycles. The van der Waals surface area contributed by atoms with Gasteiger partial charge >= 0.3 is 26.2 Å². The first-order chi connectivity index (χ1) is 7.09. The van der Waals surface area contributed by atoms with Crippen molar-refractivity contribution in [2.24, 2.45) is 0 Å². The molecule has 0 unspecified atom stereocenters. The first kappa shape index (κ1) is 13.8. The van der Waals surface area contributed by atoms with Crippen LogP contribution in [0.5, 0.6) is 0 Å². The van der Waals surface area contributed by atoms with Crippen LogP contribution in [-0.4, -0.2) is 0 Å². The fourth-order valence-electron chi connectivity index (χ4n) is 2.19. The molecule has 2 rings (SSSR count). The van der Waals surface area contributed by atoms with Gasteiger partial charge in [0.2, 0.25) is 0 Å². The molecule has 0 N–H and O–H groups in total. The summed E-state index contributed by atoms with van der Waals surface area (Å²) >= 11 is 0. The maximum atomic E-state index is 2.39. The summed E-state index contributed by atoms with van der Waals surface area (Å²) < 4.78 is 0. The number of rotatable bonds is 2. The maximum absolute atomic E-state index is 2.39. The minimum atomic E-state index is 0. The van der Waals surface area contributed by atoms with E-state index in [-0.39, 0.29) is 30.5 Å². The van der Waals surface area contributed by atoms with Gasteiger partial charge in [0.1, 0.15) is 0 Å². The summed E-state index contributed by atoms with van der Waals surface area (Å²) in [6.45, 7) is 8.87. The van der Waals surface area contributed by atoms with Gasteiger partial charge in [-0.15, -0.1) is 33.4 Å². The van der Waals surface area contributed by atoms with E-state index in [4.69, 9.17) is 0 Å². The molecule has 0 fully saturated rings. The molecule has 0 aromatic carbocycles. The molecule has 0 saturated carbocycles. The Balaban J connectivity index is -0.000000640. The molecule has 2 aliphatic carbocycles. The fourth-order valence-corrected chi connectivity index (χ4v) is 2.19. The molecule has 1 heteroatoms. The van der Waals surface area contributed by atoms with Crippen molar-refractivity contribution in [2.45, 2.75) is 40.5 Å². The van der Waals surface area contributed by atoms with Crippen molar-refractivity contribution >= 4 is 0 Å². The maximum Gasteiger partial charge on any atom is 4.00 e. The minimum Gasteiger partial charge on any atom is -1.00 e. The molecule has 86 valence electrons. The topological polar surface area (TPSA) is 0 Å². The molecule has 0 radical (unpaired) electrons. The Labute approximate surface area is 123 Å². The Bertz CT molecular complexity index is 389. The molecule has 0 amide bonds. The van der Waals surface area contributed by atoms with Crippen LogP contribution in [0.15, 0.2) is 45.6 Å². The van der Waals surface area contributed by atoms with Gasteiger partial charge in [-0.3, -0.25) is 0 Å². The van der Waals surface area contributed by atoms with Crippen molar-refractivity contribution in [3.63, 3.8) is 0 Å². The van der Waals surface area contributed by atoms with Crippen LogP contribution >= 0.6 is 0 Å². The third-order valence-electron chi connectivity index (χ3n) is 3.75. The first-order valence-electron chi connectivity index (χ1n) is 5.68. The van der Waals surface area contributed by atoms with Gasteiger partial charge in [-0.2, -0.15) is 6.42 Å². The molecule has 2 aliphatic rings. The number of hydrogen-bond acceptors (Lipinski definition) is 0. The Hall–Kier alpha value is -0.287. The van der Waals surface area contributed by atoms with Crippen LogP contribution in [0.4, 0.5) is 0 Å². The molecule has 0 nitrogen and oxygen atoms in total. The van der Waals surface area contributed by atoms with E-state index in [9.17, 15) is 0 Å². The molecule has 0 aliphatic heterocycles. The standard InChI is InChI=1S/C15H19.Zr.3H/c1-10-5-7-14(12(10)3)9-15-8-6-11(2)13(15)4;;;;/h5-6,9H,7-8H2,1-4H3;;;;/q-1;+4;3*-1. The summed E-state index contributed by atoms with van der Waals surface area (Å²) in [7, 11) is 0. The van der Waals surface area contributed by atoms with Gasteiger partial charge < -0.3 is 4.28 Å². The van der Waals surface area contributed by atoms with Gasteiger partial charge in [-0.05, 0) is 12.8 Å². The summed E-state index contributed by atoms with van der Waals surface area (Å²) in [6, 6.07) is 0. The van der Waals surface area contributed by atoms with E-state index >= 15 is 0 Å². The molecule has 16 heavy (non-hydrogen) atoms. The van der Waals surface area contributed by atoms with Crippen molar-refractivity contribution in [3.8, 4) is 0 Å². The van der Waals surface area contributed by atoms with E-state index in [2.05, 4.69) is 46.3 Å². The fraction of sp³-hybridized carbons (Fsp3) is 0.400. The Morgan fingerprint density at radius 1 is 0.875 bits per heavy atom. The molecular weight excluding hydrogens is 271 g/mol. The van der Waals surface area contributed by atoms with Gasteiger partial charge in [0.15, 0.2) is 0 Å². The second-order valence-corrected chi connectivity index (χ2v) is 4.63. The van der Waals surface area contributed by atoms with Crippen LogP contribution in [0.25, 0.3) is 0 Å². The molecule has 0 atom stereocenters. The molecule has 0 heterocycles. The third kappa shape index (κ3) is 2.51. The van der Waals surface area contributed by atoms with E-state index in [1.807, 2.05) is 0 Å². The summed E-state index contributed by atoms with van der Waals surface area (Å²) in [5, 5.41) is 0. The quantitative estimate of drug-likeness (QED) is 0.638. The number of allylic oxidation sites excluding steroid dienone is 8. The monoisotopic (exact) mass is 292 g/mol. The van der Waals surface area contributed by atoms with Gasteiger partial charge in [-0.1, -0.05) is 39.8 Å². The zero-order chi connectivity index (χ0) is 11.0. The van der Waals surface area contributed by atoms with Crippen LogP contribution < -0.4 is 0 Å². The van der Waals surface area contributed by atoms with Crippen LogP contribution in [-0.2, 0) is 26.2 Å². The van der Waals surface area contributed by atoms with Gasteiger partial charge in [-0.25, -0.2) is 0 Å². The largest absolute Gasteiger partial charge is 4.00 e. The summed E-state index contributed by atoms with van der Waals surface area (Å²) in [4.78, 5) is 0. The normalized spacial score (nSPS) is 19.8. The predicted molar refractivity (Wildman–Crippen MR) is 69.8 cm³/mol. The predicted octanol–water partition coefficient (Wildman–Crippen LogP) is 4.86. The van der Waals surface area contributed by atoms with Crippen molar-refractivity contribution < 1.29 is 30.5 Å².